The zero-order valence-corrected chi connectivity index (χ0v) is 13.4. The molecule has 0 radical (unpaired) electrons. The second kappa shape index (κ2) is 6.46. The number of oxazole rings is 1. The van der Waals surface area contributed by atoms with Gasteiger partial charge in [0, 0.05) is 5.56 Å². The molecule has 0 aliphatic rings. The Balaban J connectivity index is 1.60. The van der Waals surface area contributed by atoms with Crippen molar-refractivity contribution in [2.75, 3.05) is 0 Å². The van der Waals surface area contributed by atoms with Gasteiger partial charge in [-0.15, -0.1) is 0 Å². The van der Waals surface area contributed by atoms with Gasteiger partial charge in [0.05, 0.1) is 11.6 Å². The van der Waals surface area contributed by atoms with Crippen molar-refractivity contribution in [2.24, 2.45) is 0 Å². The van der Waals surface area contributed by atoms with E-state index < -0.39 is 0 Å². The number of benzene rings is 3. The lowest BCUT2D eigenvalue weighted by atomic mass is 10.1. The van der Waals surface area contributed by atoms with E-state index in [4.69, 9.17) is 9.68 Å². The molecule has 0 saturated carbocycles. The topological polar surface area (TPSA) is 49.8 Å². The third kappa shape index (κ3) is 3.06. The Morgan fingerprint density at radius 3 is 2.40 bits per heavy atom. The van der Waals surface area contributed by atoms with Crippen LogP contribution < -0.4 is 0 Å². The summed E-state index contributed by atoms with van der Waals surface area (Å²) in [6.45, 7) is 0. The molecule has 4 rings (SSSR count). The number of hydrogen-bond acceptors (Lipinski definition) is 3. The first-order valence-corrected chi connectivity index (χ1v) is 7.97. The maximum Gasteiger partial charge on any atom is 0.227 e. The molecule has 1 heterocycles. The van der Waals surface area contributed by atoms with Crippen LogP contribution in [0.3, 0.4) is 0 Å². The van der Waals surface area contributed by atoms with Crippen molar-refractivity contribution in [3.05, 3.63) is 89.5 Å². The van der Waals surface area contributed by atoms with Crippen LogP contribution in [-0.4, -0.2) is 4.98 Å². The Bertz CT molecular complexity index is 1070. The van der Waals surface area contributed by atoms with Crippen LogP contribution in [-0.2, 0) is 0 Å². The standard InChI is InChI=1S/C22H14N2O/c23-15-19-6-2-1-5-17(19)12-9-16-10-13-18(14-11-16)22-24-20-7-3-4-8-21(20)25-22/h1-14H. The fourth-order valence-electron chi connectivity index (χ4n) is 2.66. The van der Waals surface area contributed by atoms with Crippen molar-refractivity contribution < 1.29 is 4.42 Å². The summed E-state index contributed by atoms with van der Waals surface area (Å²) in [5, 5.41) is 9.14. The maximum absolute atomic E-state index is 9.14. The molecule has 25 heavy (non-hydrogen) atoms. The number of fused-ring (bicyclic) bond motifs is 1. The summed E-state index contributed by atoms with van der Waals surface area (Å²) in [5.41, 5.74) is 5.21. The van der Waals surface area contributed by atoms with Crippen LogP contribution in [0.1, 0.15) is 16.7 Å². The molecular formula is C22H14N2O. The minimum Gasteiger partial charge on any atom is -0.436 e. The van der Waals surface area contributed by atoms with E-state index in [0.717, 1.165) is 27.8 Å². The Kier molecular flexibility index (Phi) is 3.86. The Morgan fingerprint density at radius 2 is 1.60 bits per heavy atom. The lowest BCUT2D eigenvalue weighted by molar-refractivity contribution is 0.620. The van der Waals surface area contributed by atoms with E-state index in [1.807, 2.05) is 84.9 Å². The zero-order chi connectivity index (χ0) is 17.1. The Labute approximate surface area is 145 Å². The van der Waals surface area contributed by atoms with Gasteiger partial charge >= 0.3 is 0 Å². The lowest BCUT2D eigenvalue weighted by Gasteiger charge is -1.99. The van der Waals surface area contributed by atoms with Crippen LogP contribution in [0, 0.1) is 11.3 Å². The third-order valence-electron chi connectivity index (χ3n) is 3.99. The molecule has 0 aliphatic carbocycles. The number of rotatable bonds is 3. The predicted octanol–water partition coefficient (Wildman–Crippen LogP) is 5.54. The maximum atomic E-state index is 9.14. The predicted molar refractivity (Wildman–Crippen MR) is 99.5 cm³/mol. The molecule has 3 heteroatoms. The van der Waals surface area contributed by atoms with Gasteiger partial charge in [0.2, 0.25) is 5.89 Å². The number of nitrogens with zero attached hydrogens (tertiary/aromatic N) is 2. The van der Waals surface area contributed by atoms with Crippen molar-refractivity contribution >= 4 is 23.3 Å². The monoisotopic (exact) mass is 322 g/mol. The molecule has 1 aromatic heterocycles. The average Bonchev–Trinajstić information content (AvgIpc) is 3.11. The van der Waals surface area contributed by atoms with E-state index in [2.05, 4.69) is 11.1 Å². The van der Waals surface area contributed by atoms with Crippen LogP contribution in [0.4, 0.5) is 0 Å². The Hall–Kier alpha value is -3.64. The summed E-state index contributed by atoms with van der Waals surface area (Å²) < 4.78 is 5.79. The first kappa shape index (κ1) is 14.9. The van der Waals surface area contributed by atoms with Crippen LogP contribution in [0.2, 0.25) is 0 Å². The Morgan fingerprint density at radius 1 is 0.840 bits per heavy atom. The number of hydrogen-bond donors (Lipinski definition) is 0. The number of aromatic nitrogens is 1. The normalized spacial score (nSPS) is 11.0. The van der Waals surface area contributed by atoms with Crippen molar-refractivity contribution in [3.63, 3.8) is 0 Å². The molecule has 3 aromatic carbocycles. The van der Waals surface area contributed by atoms with Crippen LogP contribution in [0.5, 0.6) is 0 Å². The van der Waals surface area contributed by atoms with Crippen molar-refractivity contribution in [3.8, 4) is 17.5 Å². The van der Waals surface area contributed by atoms with Gasteiger partial charge in [0.1, 0.15) is 5.52 Å². The zero-order valence-electron chi connectivity index (χ0n) is 13.4. The first-order chi connectivity index (χ1) is 12.3. The molecule has 0 saturated heterocycles. The third-order valence-corrected chi connectivity index (χ3v) is 3.99. The molecule has 3 nitrogen and oxygen atoms in total. The molecule has 4 aromatic rings. The van der Waals surface area contributed by atoms with E-state index in [-0.39, 0.29) is 0 Å². The summed E-state index contributed by atoms with van der Waals surface area (Å²) in [6, 6.07) is 25.5. The van der Waals surface area contributed by atoms with Crippen LogP contribution in [0.15, 0.2) is 77.2 Å². The molecule has 0 bridgehead atoms. The largest absolute Gasteiger partial charge is 0.436 e. The summed E-state index contributed by atoms with van der Waals surface area (Å²) in [4.78, 5) is 4.51. The highest BCUT2D eigenvalue weighted by molar-refractivity contribution is 5.77. The SMILES string of the molecule is N#Cc1ccccc1C=Cc1ccc(-c2nc3ccccc3o2)cc1. The van der Waals surface area contributed by atoms with E-state index in [0.29, 0.717) is 11.5 Å². The van der Waals surface area contributed by atoms with Gasteiger partial charge < -0.3 is 4.42 Å². The second-order valence-electron chi connectivity index (χ2n) is 5.64. The van der Waals surface area contributed by atoms with Gasteiger partial charge in [-0.1, -0.05) is 54.6 Å². The van der Waals surface area contributed by atoms with Gasteiger partial charge in [-0.3, -0.25) is 0 Å². The van der Waals surface area contributed by atoms with E-state index in [1.54, 1.807) is 0 Å². The van der Waals surface area contributed by atoms with Crippen molar-refractivity contribution in [1.82, 2.24) is 4.98 Å². The summed E-state index contributed by atoms with van der Waals surface area (Å²) >= 11 is 0. The summed E-state index contributed by atoms with van der Waals surface area (Å²) in [6.07, 6.45) is 3.94. The lowest BCUT2D eigenvalue weighted by Crippen LogP contribution is -1.81. The van der Waals surface area contributed by atoms with Gasteiger partial charge in [-0.25, -0.2) is 4.98 Å². The van der Waals surface area contributed by atoms with Gasteiger partial charge in [0.25, 0.3) is 0 Å². The summed E-state index contributed by atoms with van der Waals surface area (Å²) in [5.74, 6) is 0.617. The molecule has 0 amide bonds. The molecule has 0 aliphatic heterocycles. The van der Waals surface area contributed by atoms with E-state index >= 15 is 0 Å². The van der Waals surface area contributed by atoms with Gasteiger partial charge in [-0.05, 0) is 41.5 Å². The van der Waals surface area contributed by atoms with E-state index in [1.165, 1.54) is 0 Å². The summed E-state index contributed by atoms with van der Waals surface area (Å²) in [7, 11) is 0. The quantitative estimate of drug-likeness (QED) is 0.465. The molecule has 0 fully saturated rings. The van der Waals surface area contributed by atoms with Crippen LogP contribution >= 0.6 is 0 Å². The first-order valence-electron chi connectivity index (χ1n) is 7.97. The molecule has 0 spiro atoms. The molecule has 0 unspecified atom stereocenters. The molecule has 118 valence electrons. The fourth-order valence-corrected chi connectivity index (χ4v) is 2.66. The molecule has 0 N–H and O–H groups in total. The molecular weight excluding hydrogens is 308 g/mol. The highest BCUT2D eigenvalue weighted by Gasteiger charge is 2.07. The number of nitriles is 1. The van der Waals surface area contributed by atoms with E-state index in [9.17, 15) is 0 Å². The minimum atomic E-state index is 0.617. The molecule has 0 atom stereocenters. The van der Waals surface area contributed by atoms with Gasteiger partial charge in [0.15, 0.2) is 5.58 Å². The highest BCUT2D eigenvalue weighted by atomic mass is 16.3. The average molecular weight is 322 g/mol. The smallest absolute Gasteiger partial charge is 0.227 e. The van der Waals surface area contributed by atoms with Crippen molar-refractivity contribution in [1.29, 1.82) is 5.26 Å². The van der Waals surface area contributed by atoms with Gasteiger partial charge in [-0.2, -0.15) is 5.26 Å². The fraction of sp³-hybridized carbons (Fsp3) is 0. The second-order valence-corrected chi connectivity index (χ2v) is 5.64. The number of para-hydroxylation sites is 2. The highest BCUT2D eigenvalue weighted by Crippen LogP contribution is 2.24. The van der Waals surface area contributed by atoms with Crippen molar-refractivity contribution in [2.45, 2.75) is 0 Å². The minimum absolute atomic E-state index is 0.617. The van der Waals surface area contributed by atoms with Crippen LogP contribution in [0.25, 0.3) is 34.7 Å².